The van der Waals surface area contributed by atoms with Gasteiger partial charge < -0.3 is 14.8 Å². The van der Waals surface area contributed by atoms with E-state index in [1.54, 1.807) is 24.3 Å². The van der Waals surface area contributed by atoms with Crippen LogP contribution in [0.3, 0.4) is 0 Å². The molecule has 0 aromatic heterocycles. The summed E-state index contributed by atoms with van der Waals surface area (Å²) < 4.78 is 11.5. The summed E-state index contributed by atoms with van der Waals surface area (Å²) in [5.41, 5.74) is 1.08. The fourth-order valence-electron chi connectivity index (χ4n) is 2.76. The summed E-state index contributed by atoms with van der Waals surface area (Å²) in [7, 11) is 0. The monoisotopic (exact) mass is 500 g/mol. The minimum atomic E-state index is -0.391. The molecule has 6 nitrogen and oxygen atoms in total. The molecule has 0 heterocycles. The molecule has 0 unspecified atom stereocenters. The Morgan fingerprint density at radius 3 is 2.52 bits per heavy atom. The summed E-state index contributed by atoms with van der Waals surface area (Å²) in [5, 5.41) is 7.67. The van der Waals surface area contributed by atoms with E-state index in [0.717, 1.165) is 21.7 Å². The van der Waals surface area contributed by atoms with E-state index < -0.39 is 5.91 Å². The number of fused-ring (bicyclic) bond motifs is 1. The van der Waals surface area contributed by atoms with E-state index in [9.17, 15) is 9.59 Å². The number of anilines is 1. The van der Waals surface area contributed by atoms with Crippen molar-refractivity contribution < 1.29 is 19.1 Å². The van der Waals surface area contributed by atoms with Crippen LogP contribution in [0, 0.1) is 0 Å². The lowest BCUT2D eigenvalue weighted by Gasteiger charge is -2.12. The number of thiocarbonyl (C=S) groups is 1. The predicted molar refractivity (Wildman–Crippen MR) is 129 cm³/mol. The Bertz CT molecular complexity index is 1100. The molecule has 0 aliphatic heterocycles. The molecule has 1 amide bonds. The molecular weight excluding hydrogens is 480 g/mol. The fraction of sp³-hybridized carbons (Fsp3) is 0.174. The molecule has 0 saturated carbocycles. The highest BCUT2D eigenvalue weighted by Crippen LogP contribution is 2.32. The van der Waals surface area contributed by atoms with Crippen LogP contribution < -0.4 is 15.4 Å². The number of nitrogens with one attached hydrogen (secondary N) is 2. The molecule has 3 aromatic carbocycles. The van der Waals surface area contributed by atoms with Gasteiger partial charge in [-0.25, -0.2) is 4.79 Å². The summed E-state index contributed by atoms with van der Waals surface area (Å²) in [5.74, 6) is -0.197. The van der Waals surface area contributed by atoms with E-state index in [0.29, 0.717) is 23.6 Å². The Balaban J connectivity index is 1.50. The Hall–Kier alpha value is -2.97. The van der Waals surface area contributed by atoms with Gasteiger partial charge in [0.1, 0.15) is 5.75 Å². The van der Waals surface area contributed by atoms with Gasteiger partial charge in [-0.05, 0) is 75.7 Å². The van der Waals surface area contributed by atoms with E-state index >= 15 is 0 Å². The van der Waals surface area contributed by atoms with Crippen LogP contribution in [-0.2, 0) is 9.53 Å². The average molecular weight is 501 g/mol. The van der Waals surface area contributed by atoms with E-state index in [4.69, 9.17) is 21.7 Å². The summed E-state index contributed by atoms with van der Waals surface area (Å²) in [4.78, 5) is 24.0. The van der Waals surface area contributed by atoms with Crippen molar-refractivity contribution in [2.45, 2.75) is 13.3 Å². The summed E-state index contributed by atoms with van der Waals surface area (Å²) in [6.45, 7) is 2.12. The lowest BCUT2D eigenvalue weighted by atomic mass is 10.1. The Labute approximate surface area is 194 Å². The maximum atomic E-state index is 12.2. The molecule has 0 fully saturated rings. The minimum Gasteiger partial charge on any atom is -0.483 e. The molecule has 0 aliphatic rings. The van der Waals surface area contributed by atoms with Crippen LogP contribution in [0.5, 0.6) is 5.75 Å². The lowest BCUT2D eigenvalue weighted by Crippen LogP contribution is -2.37. The number of benzene rings is 3. The Kier molecular flexibility index (Phi) is 7.97. The van der Waals surface area contributed by atoms with Gasteiger partial charge in [-0.2, -0.15) is 0 Å². The lowest BCUT2D eigenvalue weighted by molar-refractivity contribution is -0.121. The van der Waals surface area contributed by atoms with Crippen LogP contribution >= 0.6 is 28.1 Å². The van der Waals surface area contributed by atoms with E-state index in [-0.39, 0.29) is 17.7 Å². The maximum Gasteiger partial charge on any atom is 0.338 e. The van der Waals surface area contributed by atoms with Crippen molar-refractivity contribution in [1.29, 1.82) is 0 Å². The molecule has 0 radical (unpaired) electrons. The van der Waals surface area contributed by atoms with E-state index in [1.165, 1.54) is 0 Å². The number of halogens is 1. The number of hydrogen-bond acceptors (Lipinski definition) is 5. The van der Waals surface area contributed by atoms with Crippen LogP contribution in [0.2, 0.25) is 0 Å². The first kappa shape index (κ1) is 22.7. The number of amides is 1. The van der Waals surface area contributed by atoms with Gasteiger partial charge in [-0.3, -0.25) is 10.1 Å². The van der Waals surface area contributed by atoms with Crippen LogP contribution in [0.4, 0.5) is 5.69 Å². The first-order valence-corrected chi connectivity index (χ1v) is 10.9. The van der Waals surface area contributed by atoms with Gasteiger partial charge in [0.15, 0.2) is 11.7 Å². The first-order valence-electron chi connectivity index (χ1n) is 9.66. The SMILES string of the molecule is CCCOC(=O)c1ccc(NC(=S)NC(=O)COc2ccc3ccccc3c2Br)cc1. The summed E-state index contributed by atoms with van der Waals surface area (Å²) in [6.07, 6.45) is 0.765. The molecule has 0 aliphatic carbocycles. The van der Waals surface area contributed by atoms with Gasteiger partial charge in [-0.1, -0.05) is 37.3 Å². The predicted octanol–water partition coefficient (Wildman–Crippen LogP) is 5.06. The molecule has 160 valence electrons. The zero-order valence-corrected chi connectivity index (χ0v) is 19.2. The largest absolute Gasteiger partial charge is 0.483 e. The van der Waals surface area contributed by atoms with Crippen molar-refractivity contribution in [3.8, 4) is 5.75 Å². The number of rotatable bonds is 7. The van der Waals surface area contributed by atoms with Gasteiger partial charge >= 0.3 is 5.97 Å². The van der Waals surface area contributed by atoms with E-state index in [2.05, 4.69) is 26.6 Å². The van der Waals surface area contributed by atoms with Crippen molar-refractivity contribution in [3.05, 3.63) is 70.7 Å². The van der Waals surface area contributed by atoms with Crippen LogP contribution in [-0.4, -0.2) is 30.2 Å². The third-order valence-electron chi connectivity index (χ3n) is 4.26. The number of hydrogen-bond donors (Lipinski definition) is 2. The van der Waals surface area contributed by atoms with Crippen molar-refractivity contribution in [2.75, 3.05) is 18.5 Å². The smallest absolute Gasteiger partial charge is 0.338 e. The standard InChI is InChI=1S/C23H21BrN2O4S/c1-2-13-29-22(28)16-7-10-17(11-8-16)25-23(31)26-20(27)14-30-19-12-9-15-5-3-4-6-18(15)21(19)24/h3-12H,2,13-14H2,1H3,(H2,25,26,27,31). The average Bonchev–Trinajstić information content (AvgIpc) is 2.77. The second-order valence-electron chi connectivity index (χ2n) is 6.60. The van der Waals surface area contributed by atoms with Crippen LogP contribution in [0.15, 0.2) is 65.1 Å². The maximum absolute atomic E-state index is 12.2. The van der Waals surface area contributed by atoms with Gasteiger partial charge in [0, 0.05) is 5.69 Å². The molecule has 0 bridgehead atoms. The Morgan fingerprint density at radius 2 is 1.77 bits per heavy atom. The second-order valence-corrected chi connectivity index (χ2v) is 7.80. The van der Waals surface area contributed by atoms with E-state index in [1.807, 2.05) is 43.3 Å². The fourth-order valence-corrected chi connectivity index (χ4v) is 3.60. The molecule has 3 rings (SSSR count). The van der Waals surface area contributed by atoms with Crippen LogP contribution in [0.1, 0.15) is 23.7 Å². The number of ether oxygens (including phenoxy) is 2. The van der Waals surface area contributed by atoms with Crippen LogP contribution in [0.25, 0.3) is 10.8 Å². The van der Waals surface area contributed by atoms with Crippen molar-refractivity contribution in [1.82, 2.24) is 5.32 Å². The quantitative estimate of drug-likeness (QED) is 0.348. The topological polar surface area (TPSA) is 76.7 Å². The van der Waals surface area contributed by atoms with Gasteiger partial charge in [0.25, 0.3) is 5.91 Å². The molecule has 0 saturated heterocycles. The number of carbonyl (C=O) groups is 2. The first-order chi connectivity index (χ1) is 15.0. The highest BCUT2D eigenvalue weighted by Gasteiger charge is 2.11. The molecule has 0 spiro atoms. The molecular formula is C23H21BrN2O4S. The summed E-state index contributed by atoms with van der Waals surface area (Å²) in [6, 6.07) is 18.2. The zero-order chi connectivity index (χ0) is 22.2. The molecule has 3 aromatic rings. The second kappa shape index (κ2) is 10.9. The zero-order valence-electron chi connectivity index (χ0n) is 16.8. The third kappa shape index (κ3) is 6.26. The molecule has 2 N–H and O–H groups in total. The van der Waals surface area contributed by atoms with Crippen molar-refractivity contribution >= 4 is 61.6 Å². The molecule has 0 atom stereocenters. The minimum absolute atomic E-state index is 0.132. The Morgan fingerprint density at radius 1 is 1.03 bits per heavy atom. The normalized spacial score (nSPS) is 10.4. The van der Waals surface area contributed by atoms with Gasteiger partial charge in [0.05, 0.1) is 16.6 Å². The number of carbonyl (C=O) groups excluding carboxylic acids is 2. The number of esters is 1. The summed E-state index contributed by atoms with van der Waals surface area (Å²) >= 11 is 8.70. The van der Waals surface area contributed by atoms with Crippen molar-refractivity contribution in [2.24, 2.45) is 0 Å². The van der Waals surface area contributed by atoms with Gasteiger partial charge in [0.2, 0.25) is 0 Å². The highest BCUT2D eigenvalue weighted by molar-refractivity contribution is 9.10. The molecule has 8 heteroatoms. The molecule has 31 heavy (non-hydrogen) atoms. The van der Waals surface area contributed by atoms with Crippen molar-refractivity contribution in [3.63, 3.8) is 0 Å². The highest BCUT2D eigenvalue weighted by atomic mass is 79.9. The third-order valence-corrected chi connectivity index (χ3v) is 5.28. The van der Waals surface area contributed by atoms with Gasteiger partial charge in [-0.15, -0.1) is 0 Å².